The van der Waals surface area contributed by atoms with Gasteiger partial charge in [-0.05, 0) is 89.0 Å². The summed E-state index contributed by atoms with van der Waals surface area (Å²) >= 11 is 3.99. The monoisotopic (exact) mass is 1410 g/mol. The van der Waals surface area contributed by atoms with Gasteiger partial charge in [-0.25, -0.2) is 39.4 Å². The van der Waals surface area contributed by atoms with Gasteiger partial charge in [0.05, 0.1) is 69.0 Å². The number of hydrogen-bond acceptors (Lipinski definition) is 28. The van der Waals surface area contributed by atoms with Crippen LogP contribution in [-0.2, 0) is 47.1 Å². The van der Waals surface area contributed by atoms with Crippen LogP contribution >= 0.6 is 34.0 Å². The first-order valence-corrected chi connectivity index (χ1v) is 32.7. The smallest absolute Gasteiger partial charge is 0.407 e. The molecule has 0 saturated carbocycles. The lowest BCUT2D eigenvalue weighted by Crippen LogP contribution is -2.28. The number of carboxylic acid groups (broad SMARTS) is 2. The number of H-pyrrole nitrogens is 1. The van der Waals surface area contributed by atoms with Gasteiger partial charge in [0.25, 0.3) is 5.70 Å². The minimum atomic E-state index is -1.30. The van der Waals surface area contributed by atoms with E-state index in [0.717, 1.165) is 76.4 Å². The second-order valence-corrected chi connectivity index (χ2v) is 24.6. The first kappa shape index (κ1) is 72.2. The van der Waals surface area contributed by atoms with Crippen molar-refractivity contribution in [1.29, 1.82) is 5.26 Å². The van der Waals surface area contributed by atoms with Crippen molar-refractivity contribution in [3.8, 4) is 17.8 Å². The number of aliphatic hydroxyl groups is 2. The number of carbonyl (C=O) groups excluding carboxylic acids is 2. The second-order valence-electron chi connectivity index (χ2n) is 21.5. The summed E-state index contributed by atoms with van der Waals surface area (Å²) in [5, 5.41) is 48.8. The number of nitrogens with zero attached hydrogens (tertiary/aromatic N) is 14. The van der Waals surface area contributed by atoms with Gasteiger partial charge in [-0.15, -0.1) is 34.0 Å². The van der Waals surface area contributed by atoms with E-state index in [1.54, 1.807) is 12.3 Å². The number of likely N-dealkylation sites (N-methyl/N-ethyl adjacent to an activating group) is 3. The predicted octanol–water partition coefficient (Wildman–Crippen LogP) is 8.44. The molecular formula is C67H65N19O11S3. The van der Waals surface area contributed by atoms with Gasteiger partial charge in [-0.2, -0.15) is 20.2 Å². The number of fused-ring (bicyclic) bond motifs is 5. The van der Waals surface area contributed by atoms with Crippen LogP contribution in [0.25, 0.3) is 58.8 Å². The maximum Gasteiger partial charge on any atom is 0.407 e. The van der Waals surface area contributed by atoms with E-state index in [9.17, 15) is 19.2 Å². The highest BCUT2D eigenvalue weighted by Crippen LogP contribution is 2.34. The fraction of sp³-hybridized carbons (Fsp3) is 0.209. The summed E-state index contributed by atoms with van der Waals surface area (Å²) in [5.74, 6) is -1.52. The van der Waals surface area contributed by atoms with Crippen molar-refractivity contribution >= 4 is 153 Å². The van der Waals surface area contributed by atoms with Gasteiger partial charge >= 0.3 is 18.0 Å². The highest BCUT2D eigenvalue weighted by atomic mass is 32.1. The normalized spacial score (nSPS) is 11.4. The van der Waals surface area contributed by atoms with Gasteiger partial charge in [0.15, 0.2) is 16.9 Å². The van der Waals surface area contributed by atoms with Crippen LogP contribution in [0.3, 0.4) is 0 Å². The highest BCUT2D eigenvalue weighted by Gasteiger charge is 2.19. The van der Waals surface area contributed by atoms with E-state index in [1.165, 1.54) is 52.5 Å². The Kier molecular flexibility index (Phi) is 25.1. The number of aromatic amines is 1. The van der Waals surface area contributed by atoms with Gasteiger partial charge in [-0.1, -0.05) is 48.5 Å². The molecule has 0 saturated heterocycles. The Morgan fingerprint density at radius 2 is 1.19 bits per heavy atom. The molecular weight excluding hydrogens is 1340 g/mol. The van der Waals surface area contributed by atoms with Gasteiger partial charge in [-0.3, -0.25) is 14.6 Å². The number of thiazole rings is 3. The number of nitriles is 1. The Labute approximate surface area is 582 Å². The molecule has 100 heavy (non-hydrogen) atoms. The van der Waals surface area contributed by atoms with E-state index >= 15 is 0 Å². The molecule has 30 nitrogen and oxygen atoms in total. The highest BCUT2D eigenvalue weighted by molar-refractivity contribution is 7.20. The molecule has 1 aliphatic rings. The maximum atomic E-state index is 12.2. The molecule has 12 N–H and O–H groups in total. The topological polar surface area (TPSA) is 436 Å². The first-order valence-electron chi connectivity index (χ1n) is 30.2. The molecule has 0 bridgehead atoms. The van der Waals surface area contributed by atoms with E-state index in [2.05, 4.69) is 60.0 Å². The molecule has 1 amide bonds. The van der Waals surface area contributed by atoms with Crippen molar-refractivity contribution < 1.29 is 53.8 Å². The van der Waals surface area contributed by atoms with Crippen molar-refractivity contribution in [2.45, 2.75) is 32.7 Å². The van der Waals surface area contributed by atoms with Gasteiger partial charge in [0, 0.05) is 77.0 Å². The number of alkyl carbamates (subject to hydrolysis) is 1. The third-order valence-corrected chi connectivity index (χ3v) is 17.4. The second kappa shape index (κ2) is 34.7. The number of anilines is 5. The lowest BCUT2D eigenvalue weighted by Gasteiger charge is -2.19. The molecule has 7 heterocycles. The van der Waals surface area contributed by atoms with E-state index < -0.39 is 18.0 Å². The SMILES string of the molecule is CN(CCO)c1ccc2nc(C=O)sc2c1.CN(CCOC(=O)NCc1ccc(COc2nc(N)nc3c2N=CC3)cc1)c1ccc2nc(/C=C(\C#N)C(=O)O)sc2c1.NCc1ccc(COc2nc(N)nc3nc[nH]c23)cc1.[C-]#[N+]/C(=C\c1nc2ccc(N(C)CCO)cc2s1)C(=O)O. The maximum absolute atomic E-state index is 12.2. The predicted molar refractivity (Wildman–Crippen MR) is 384 cm³/mol. The van der Waals surface area contributed by atoms with E-state index in [1.807, 2.05) is 139 Å². The summed E-state index contributed by atoms with van der Waals surface area (Å²) in [5.41, 5.74) is 27.7. The Bertz CT molecular complexity index is 4910. The van der Waals surface area contributed by atoms with Crippen molar-refractivity contribution in [1.82, 2.24) is 50.2 Å². The van der Waals surface area contributed by atoms with E-state index in [4.69, 9.17) is 63.7 Å². The molecule has 0 aliphatic carbocycles. The molecule has 12 rings (SSSR count). The molecule has 0 radical (unpaired) electrons. The molecule has 6 aromatic heterocycles. The summed E-state index contributed by atoms with van der Waals surface area (Å²) < 4.78 is 19.6. The number of ether oxygens (including phenoxy) is 3. The number of aliphatic carboxylic acids is 2. The average molecular weight is 1410 g/mol. The molecule has 0 fully saturated rings. The summed E-state index contributed by atoms with van der Waals surface area (Å²) in [6, 6.07) is 34.2. The molecule has 0 spiro atoms. The van der Waals surface area contributed by atoms with Gasteiger partial charge in [0.2, 0.25) is 23.7 Å². The average Bonchev–Trinajstić information content (AvgIpc) is 1.69. The number of aliphatic imine (C=N–C) groups is 1. The van der Waals surface area contributed by atoms with Crippen LogP contribution in [0.4, 0.5) is 39.4 Å². The molecule has 512 valence electrons. The number of aldehydes is 1. The van der Waals surface area contributed by atoms with Gasteiger partial charge < -0.3 is 76.8 Å². The Morgan fingerprint density at radius 3 is 1.72 bits per heavy atom. The summed E-state index contributed by atoms with van der Waals surface area (Å²) in [6.45, 7) is 10.2. The van der Waals surface area contributed by atoms with Crippen LogP contribution in [0.2, 0.25) is 0 Å². The van der Waals surface area contributed by atoms with Crippen LogP contribution in [-0.4, -0.2) is 156 Å². The zero-order chi connectivity index (χ0) is 71.2. The van der Waals surface area contributed by atoms with Crippen molar-refractivity contribution in [3.63, 3.8) is 0 Å². The number of nitrogen functional groups attached to an aromatic ring is 2. The summed E-state index contributed by atoms with van der Waals surface area (Å²) in [7, 11) is 5.66. The third kappa shape index (κ3) is 19.6. The van der Waals surface area contributed by atoms with Crippen molar-refractivity contribution in [2.24, 2.45) is 10.7 Å². The largest absolute Gasteiger partial charge is 0.486 e. The zero-order valence-electron chi connectivity index (χ0n) is 53.8. The number of rotatable bonds is 24. The number of amides is 1. The molecule has 5 aromatic carbocycles. The number of benzene rings is 5. The van der Waals surface area contributed by atoms with Gasteiger partial charge in [0.1, 0.15) is 52.7 Å². The Balaban J connectivity index is 0.000000171. The lowest BCUT2D eigenvalue weighted by molar-refractivity contribution is -0.133. The molecule has 0 atom stereocenters. The number of nitrogens with two attached hydrogens (primary N) is 3. The summed E-state index contributed by atoms with van der Waals surface area (Å²) in [4.78, 5) is 94.0. The van der Waals surface area contributed by atoms with E-state index in [-0.39, 0.29) is 49.6 Å². The fourth-order valence-electron chi connectivity index (χ4n) is 9.24. The lowest BCUT2D eigenvalue weighted by atomic mass is 10.1. The molecule has 11 aromatic rings. The number of imidazole rings is 1. The molecule has 0 unspecified atom stereocenters. The van der Waals surface area contributed by atoms with Crippen LogP contribution in [0, 0.1) is 17.9 Å². The van der Waals surface area contributed by atoms with Crippen LogP contribution in [0.5, 0.6) is 11.8 Å². The van der Waals surface area contributed by atoms with E-state index in [0.29, 0.717) is 94.9 Å². The van der Waals surface area contributed by atoms with Crippen LogP contribution in [0.15, 0.2) is 126 Å². The number of hydrogen-bond donors (Lipinski definition) is 9. The quantitative estimate of drug-likeness (QED) is 0.0118. The van der Waals surface area contributed by atoms with Crippen molar-refractivity contribution in [3.05, 3.63) is 175 Å². The minimum absolute atomic E-state index is 0.0676. The Hall–Kier alpha value is -12.1. The number of aromatic nitrogens is 9. The number of nitrogens with one attached hydrogen (secondary N) is 2. The molecule has 33 heteroatoms. The third-order valence-electron chi connectivity index (χ3n) is 14.5. The number of aliphatic hydroxyl groups excluding tert-OH is 2. The zero-order valence-corrected chi connectivity index (χ0v) is 56.3. The molecule has 1 aliphatic heterocycles. The summed E-state index contributed by atoms with van der Waals surface area (Å²) in [6.07, 6.45) is 6.64. The minimum Gasteiger partial charge on any atom is -0.486 e. The fourth-order valence-corrected chi connectivity index (χ4v) is 11.9. The number of carbonyl (C=O) groups is 4. The van der Waals surface area contributed by atoms with Crippen LogP contribution in [0.1, 0.15) is 47.8 Å². The standard InChI is InChI=1S/C29H26N8O5S.C14H13N3O3S.C13H14N6O.C11H12N2O2S/c1-37(20-6-7-21-23(13-20)43-24(34-21)12-19(14-30)27(38)39)10-11-41-29(40)33-15-17-2-4-18(5-3-17)16-42-26-25-22(8-9-32-25)35-28(31)36-26;1-15-11(14(19)20)8-13-16-10-4-3-9(7-12(10)21-13)17(2)5-6-18;14-5-8-1-3-9(4-2-8)6-20-12-10-11(17-7-16-10)18-13(15)19-12;1-13(4-5-14)8-2-3-9-10(6-8)16-11(7-15)12-9/h2-7,9,12-13H,8,10-11,15-16H2,1H3,(H,33,40)(H,38,39)(H2,31,35,36);3-4,7-8,18H,5-6H2,2H3,(H,19,20);1-4,7H,5-6,14H2,(H3,15,16,17,18,19);2-3,6-7,14H,4-5H2,1H3/b19-12+;11-8-;;. The van der Waals surface area contributed by atoms with Crippen LogP contribution < -0.4 is 46.7 Å². The number of carboxylic acids is 2. The Morgan fingerprint density at radius 1 is 0.680 bits per heavy atom. The van der Waals surface area contributed by atoms with Crippen molar-refractivity contribution in [2.75, 3.05) is 86.8 Å². The first-order chi connectivity index (χ1) is 48.3.